The smallest absolute Gasteiger partial charge is 0.234 e. The number of nitrogens with zero attached hydrogens (tertiary/aromatic N) is 2. The van der Waals surface area contributed by atoms with Gasteiger partial charge in [0.25, 0.3) is 0 Å². The van der Waals surface area contributed by atoms with E-state index in [0.717, 1.165) is 11.3 Å². The number of thioether (sulfide) groups is 1. The molecule has 1 heterocycles. The number of benzene rings is 2. The lowest BCUT2D eigenvalue weighted by molar-refractivity contribution is -0.113. The Morgan fingerprint density at radius 2 is 1.76 bits per heavy atom. The first-order valence-electron chi connectivity index (χ1n) is 7.74. The Kier molecular flexibility index (Phi) is 5.64. The van der Waals surface area contributed by atoms with Gasteiger partial charge in [0.2, 0.25) is 5.91 Å². The number of nitrogens with one attached hydrogen (secondary N) is 1. The van der Waals surface area contributed by atoms with Gasteiger partial charge in [0, 0.05) is 12.4 Å². The highest BCUT2D eigenvalue weighted by Crippen LogP contribution is 2.29. The fraction of sp³-hybridized carbons (Fsp3) is 0.105. The summed E-state index contributed by atoms with van der Waals surface area (Å²) < 4.78 is 5.88. The summed E-state index contributed by atoms with van der Waals surface area (Å²) >= 11 is 1.28. The van der Waals surface area contributed by atoms with Crippen molar-refractivity contribution in [2.45, 2.75) is 12.1 Å². The van der Waals surface area contributed by atoms with Crippen LogP contribution in [0.4, 0.5) is 5.69 Å². The largest absolute Gasteiger partial charge is 0.455 e. The van der Waals surface area contributed by atoms with Crippen LogP contribution < -0.4 is 10.1 Å². The van der Waals surface area contributed by atoms with Gasteiger partial charge in [-0.3, -0.25) is 4.79 Å². The molecule has 0 aliphatic rings. The van der Waals surface area contributed by atoms with Crippen LogP contribution in [-0.4, -0.2) is 21.6 Å². The van der Waals surface area contributed by atoms with E-state index in [1.807, 2.05) is 55.5 Å². The van der Waals surface area contributed by atoms with E-state index in [0.29, 0.717) is 16.6 Å². The highest BCUT2D eigenvalue weighted by Gasteiger charge is 2.09. The number of anilines is 1. The molecule has 5 nitrogen and oxygen atoms in total. The summed E-state index contributed by atoms with van der Waals surface area (Å²) in [5, 5.41) is 3.44. The van der Waals surface area contributed by atoms with E-state index in [1.165, 1.54) is 11.8 Å². The van der Waals surface area contributed by atoms with Crippen molar-refractivity contribution in [2.75, 3.05) is 11.1 Å². The van der Waals surface area contributed by atoms with Gasteiger partial charge >= 0.3 is 0 Å². The number of carbonyl (C=O) groups is 1. The summed E-state index contributed by atoms with van der Waals surface area (Å²) in [7, 11) is 0. The Labute approximate surface area is 150 Å². The molecule has 1 N–H and O–H groups in total. The maximum Gasteiger partial charge on any atom is 0.234 e. The molecule has 0 aliphatic carbocycles. The molecule has 6 heteroatoms. The molecule has 0 saturated carbocycles. The zero-order valence-corrected chi connectivity index (χ0v) is 14.5. The average Bonchev–Trinajstić information content (AvgIpc) is 2.64. The van der Waals surface area contributed by atoms with Gasteiger partial charge in [-0.05, 0) is 37.3 Å². The minimum atomic E-state index is -0.141. The molecule has 1 aromatic heterocycles. The molecule has 0 fully saturated rings. The highest BCUT2D eigenvalue weighted by atomic mass is 32.2. The number of aromatic nitrogens is 2. The number of para-hydroxylation sites is 2. The SMILES string of the molecule is Cc1ccc(Oc2ccccc2NC(=O)CSc2ncccn2)cc1. The van der Waals surface area contributed by atoms with Gasteiger partial charge in [0.15, 0.2) is 10.9 Å². The van der Waals surface area contributed by atoms with Gasteiger partial charge < -0.3 is 10.1 Å². The number of hydrogen-bond acceptors (Lipinski definition) is 5. The van der Waals surface area contributed by atoms with Gasteiger partial charge in [-0.2, -0.15) is 0 Å². The minimum absolute atomic E-state index is 0.141. The van der Waals surface area contributed by atoms with Crippen LogP contribution in [0.1, 0.15) is 5.56 Å². The molecule has 25 heavy (non-hydrogen) atoms. The number of carbonyl (C=O) groups excluding carboxylic acids is 1. The lowest BCUT2D eigenvalue weighted by atomic mass is 10.2. The third-order valence-corrected chi connectivity index (χ3v) is 4.16. The Bertz CT molecular complexity index is 839. The number of ether oxygens (including phenoxy) is 1. The number of rotatable bonds is 6. The zero-order chi connectivity index (χ0) is 17.5. The quantitative estimate of drug-likeness (QED) is 0.530. The molecule has 1 amide bonds. The third-order valence-electron chi connectivity index (χ3n) is 3.28. The van der Waals surface area contributed by atoms with E-state index >= 15 is 0 Å². The minimum Gasteiger partial charge on any atom is -0.455 e. The lowest BCUT2D eigenvalue weighted by Gasteiger charge is -2.12. The normalized spacial score (nSPS) is 10.3. The fourth-order valence-corrected chi connectivity index (χ4v) is 2.67. The van der Waals surface area contributed by atoms with Crippen LogP contribution >= 0.6 is 11.8 Å². The predicted molar refractivity (Wildman–Crippen MR) is 99.1 cm³/mol. The fourth-order valence-electron chi connectivity index (χ4n) is 2.07. The van der Waals surface area contributed by atoms with Crippen molar-refractivity contribution < 1.29 is 9.53 Å². The van der Waals surface area contributed by atoms with Crippen molar-refractivity contribution in [3.63, 3.8) is 0 Å². The number of aryl methyl sites for hydroxylation is 1. The molecule has 0 spiro atoms. The monoisotopic (exact) mass is 351 g/mol. The summed E-state index contributed by atoms with van der Waals surface area (Å²) in [6.07, 6.45) is 3.30. The van der Waals surface area contributed by atoms with Gasteiger partial charge in [-0.15, -0.1) is 0 Å². The lowest BCUT2D eigenvalue weighted by Crippen LogP contribution is -2.14. The Morgan fingerprint density at radius 1 is 1.04 bits per heavy atom. The van der Waals surface area contributed by atoms with Crippen LogP contribution in [-0.2, 0) is 4.79 Å². The molecule has 0 unspecified atom stereocenters. The third kappa shape index (κ3) is 5.06. The molecule has 0 atom stereocenters. The molecular formula is C19H17N3O2S. The van der Waals surface area contributed by atoms with E-state index in [-0.39, 0.29) is 11.7 Å². The van der Waals surface area contributed by atoms with Crippen molar-refractivity contribution in [1.82, 2.24) is 9.97 Å². The summed E-state index contributed by atoms with van der Waals surface area (Å²) in [5.41, 5.74) is 1.79. The van der Waals surface area contributed by atoms with Crippen molar-refractivity contribution in [3.8, 4) is 11.5 Å². The van der Waals surface area contributed by atoms with E-state index in [2.05, 4.69) is 15.3 Å². The van der Waals surface area contributed by atoms with Gasteiger partial charge in [0.1, 0.15) is 5.75 Å². The molecule has 3 aromatic rings. The molecule has 0 saturated heterocycles. The van der Waals surface area contributed by atoms with Crippen LogP contribution in [0, 0.1) is 6.92 Å². The molecule has 0 aliphatic heterocycles. The van der Waals surface area contributed by atoms with Crippen molar-refractivity contribution >= 4 is 23.4 Å². The first-order valence-corrected chi connectivity index (χ1v) is 8.72. The Hall–Kier alpha value is -2.86. The zero-order valence-electron chi connectivity index (χ0n) is 13.7. The van der Waals surface area contributed by atoms with E-state index in [9.17, 15) is 4.79 Å². The van der Waals surface area contributed by atoms with Crippen LogP contribution in [0.15, 0.2) is 72.1 Å². The number of amides is 1. The Morgan fingerprint density at radius 3 is 2.52 bits per heavy atom. The standard InChI is InChI=1S/C19H17N3O2S/c1-14-7-9-15(10-8-14)24-17-6-3-2-5-16(17)22-18(23)13-25-19-20-11-4-12-21-19/h2-12H,13H2,1H3,(H,22,23). The topological polar surface area (TPSA) is 64.1 Å². The molecule has 126 valence electrons. The van der Waals surface area contributed by atoms with E-state index in [1.54, 1.807) is 18.5 Å². The second kappa shape index (κ2) is 8.30. The van der Waals surface area contributed by atoms with Crippen molar-refractivity contribution in [2.24, 2.45) is 0 Å². The summed E-state index contributed by atoms with van der Waals surface area (Å²) in [4.78, 5) is 20.4. The van der Waals surface area contributed by atoms with E-state index < -0.39 is 0 Å². The molecule has 2 aromatic carbocycles. The van der Waals surface area contributed by atoms with E-state index in [4.69, 9.17) is 4.74 Å². The molecule has 0 bridgehead atoms. The first-order chi connectivity index (χ1) is 12.2. The van der Waals surface area contributed by atoms with Gasteiger partial charge in [-0.1, -0.05) is 41.6 Å². The van der Waals surface area contributed by atoms with Crippen LogP contribution in [0.2, 0.25) is 0 Å². The second-order valence-corrected chi connectivity index (χ2v) is 6.22. The van der Waals surface area contributed by atoms with Crippen molar-refractivity contribution in [3.05, 3.63) is 72.6 Å². The number of hydrogen-bond donors (Lipinski definition) is 1. The predicted octanol–water partition coefficient (Wildman–Crippen LogP) is 4.31. The second-order valence-electron chi connectivity index (χ2n) is 5.28. The molecule has 3 rings (SSSR count). The Balaban J connectivity index is 1.64. The van der Waals surface area contributed by atoms with Gasteiger partial charge in [0.05, 0.1) is 11.4 Å². The summed E-state index contributed by atoms with van der Waals surface area (Å²) in [6.45, 7) is 2.02. The van der Waals surface area contributed by atoms with Gasteiger partial charge in [-0.25, -0.2) is 9.97 Å². The molecule has 0 radical (unpaired) electrons. The average molecular weight is 351 g/mol. The maximum absolute atomic E-state index is 12.2. The first kappa shape index (κ1) is 17.0. The van der Waals surface area contributed by atoms with Crippen molar-refractivity contribution in [1.29, 1.82) is 0 Å². The maximum atomic E-state index is 12.2. The summed E-state index contributed by atoms with van der Waals surface area (Å²) in [6, 6.07) is 16.8. The van der Waals surface area contributed by atoms with Crippen LogP contribution in [0.25, 0.3) is 0 Å². The summed E-state index contributed by atoms with van der Waals surface area (Å²) in [5.74, 6) is 1.40. The van der Waals surface area contributed by atoms with Crippen LogP contribution in [0.3, 0.4) is 0 Å². The molecular weight excluding hydrogens is 334 g/mol. The van der Waals surface area contributed by atoms with Crippen LogP contribution in [0.5, 0.6) is 11.5 Å². The highest BCUT2D eigenvalue weighted by molar-refractivity contribution is 7.99.